The van der Waals surface area contributed by atoms with Crippen LogP contribution in [0.3, 0.4) is 0 Å². The van der Waals surface area contributed by atoms with Crippen molar-refractivity contribution in [2.45, 2.75) is 32.7 Å². The lowest BCUT2D eigenvalue weighted by Crippen LogP contribution is -2.29. The lowest BCUT2D eigenvalue weighted by molar-refractivity contribution is -0.132. The molecular formula is C30H30N2O5. The quantitative estimate of drug-likeness (QED) is 0.284. The monoisotopic (exact) mass is 498 g/mol. The summed E-state index contributed by atoms with van der Waals surface area (Å²) >= 11 is 0. The second-order valence-corrected chi connectivity index (χ2v) is 9.63. The van der Waals surface area contributed by atoms with Crippen LogP contribution in [0.5, 0.6) is 11.5 Å². The minimum absolute atomic E-state index is 0.0254. The number of methoxy groups -OCH3 is 1. The Bertz CT molecular complexity index is 1390. The molecule has 1 unspecified atom stereocenters. The molecule has 0 aromatic heterocycles. The molecule has 3 aromatic rings. The van der Waals surface area contributed by atoms with Gasteiger partial charge in [-0.25, -0.2) is 0 Å². The van der Waals surface area contributed by atoms with Crippen LogP contribution in [0.1, 0.15) is 41.1 Å². The third-order valence-electron chi connectivity index (χ3n) is 7.13. The molecule has 1 amide bonds. The largest absolute Gasteiger partial charge is 0.508 e. The number of hydrogen-bond acceptors (Lipinski definition) is 6. The maximum atomic E-state index is 13.5. The Morgan fingerprint density at radius 3 is 2.16 bits per heavy atom. The van der Waals surface area contributed by atoms with Gasteiger partial charge in [-0.15, -0.1) is 0 Å². The van der Waals surface area contributed by atoms with Gasteiger partial charge in [0.05, 0.1) is 24.3 Å². The third kappa shape index (κ3) is 4.31. The number of rotatable bonds is 5. The number of amides is 1. The van der Waals surface area contributed by atoms with Crippen LogP contribution in [0.25, 0.3) is 5.76 Å². The van der Waals surface area contributed by atoms with Gasteiger partial charge in [-0.1, -0.05) is 18.2 Å². The highest BCUT2D eigenvalue weighted by atomic mass is 16.5. The van der Waals surface area contributed by atoms with E-state index in [-0.39, 0.29) is 17.1 Å². The predicted molar refractivity (Wildman–Crippen MR) is 143 cm³/mol. The molecule has 0 radical (unpaired) electrons. The Kier molecular flexibility index (Phi) is 6.38. The fraction of sp³-hybridized carbons (Fsp3) is 0.267. The summed E-state index contributed by atoms with van der Waals surface area (Å²) in [5.41, 5.74) is 4.22. The van der Waals surface area contributed by atoms with Gasteiger partial charge in [0, 0.05) is 24.5 Å². The van der Waals surface area contributed by atoms with Crippen molar-refractivity contribution in [3.8, 4) is 11.5 Å². The van der Waals surface area contributed by atoms with Crippen LogP contribution in [0, 0.1) is 13.8 Å². The van der Waals surface area contributed by atoms with Crippen LogP contribution in [-0.2, 0) is 9.59 Å². The molecule has 2 N–H and O–H groups in total. The van der Waals surface area contributed by atoms with Crippen molar-refractivity contribution >= 4 is 28.8 Å². The van der Waals surface area contributed by atoms with Gasteiger partial charge in [0.2, 0.25) is 0 Å². The number of nitrogens with zero attached hydrogens (tertiary/aromatic N) is 2. The Morgan fingerprint density at radius 2 is 1.54 bits per heavy atom. The summed E-state index contributed by atoms with van der Waals surface area (Å²) in [6, 6.07) is 16.7. The first kappa shape index (κ1) is 24.4. The van der Waals surface area contributed by atoms with Crippen LogP contribution < -0.4 is 14.5 Å². The summed E-state index contributed by atoms with van der Waals surface area (Å²) in [5.74, 6) is -1.30. The molecule has 1 atom stereocenters. The lowest BCUT2D eigenvalue weighted by Gasteiger charge is -2.26. The van der Waals surface area contributed by atoms with E-state index in [9.17, 15) is 19.8 Å². The first-order valence-corrected chi connectivity index (χ1v) is 12.4. The molecule has 2 fully saturated rings. The second kappa shape index (κ2) is 9.65. The summed E-state index contributed by atoms with van der Waals surface area (Å²) < 4.78 is 5.56. The minimum Gasteiger partial charge on any atom is -0.508 e. The number of aromatic hydroxyl groups is 1. The molecule has 37 heavy (non-hydrogen) atoms. The number of ether oxygens (including phenoxy) is 1. The van der Waals surface area contributed by atoms with E-state index in [0.717, 1.165) is 42.7 Å². The molecule has 0 spiro atoms. The van der Waals surface area contributed by atoms with E-state index < -0.39 is 17.7 Å². The van der Waals surface area contributed by atoms with Crippen molar-refractivity contribution in [1.82, 2.24) is 0 Å². The van der Waals surface area contributed by atoms with Gasteiger partial charge >= 0.3 is 0 Å². The zero-order valence-corrected chi connectivity index (χ0v) is 21.2. The highest BCUT2D eigenvalue weighted by molar-refractivity contribution is 6.51. The number of benzene rings is 3. The Morgan fingerprint density at radius 1 is 0.919 bits per heavy atom. The van der Waals surface area contributed by atoms with E-state index in [4.69, 9.17) is 4.74 Å². The van der Waals surface area contributed by atoms with Gasteiger partial charge in [-0.05, 0) is 85.8 Å². The number of anilines is 2. The predicted octanol–water partition coefficient (Wildman–Crippen LogP) is 5.24. The first-order valence-electron chi connectivity index (χ1n) is 12.4. The number of hydrogen-bond donors (Lipinski definition) is 2. The Labute approximate surface area is 216 Å². The fourth-order valence-corrected chi connectivity index (χ4v) is 5.42. The van der Waals surface area contributed by atoms with Gasteiger partial charge in [0.25, 0.3) is 11.7 Å². The summed E-state index contributed by atoms with van der Waals surface area (Å²) in [7, 11) is 1.51. The van der Waals surface area contributed by atoms with Gasteiger partial charge in [-0.2, -0.15) is 0 Å². The number of phenolic OH excluding ortho intramolecular Hbond substituents is 1. The number of phenols is 1. The molecule has 2 aliphatic rings. The molecular weight excluding hydrogens is 468 g/mol. The normalized spacial score (nSPS) is 19.1. The van der Waals surface area contributed by atoms with E-state index >= 15 is 0 Å². The lowest BCUT2D eigenvalue weighted by atomic mass is 9.93. The zero-order valence-electron chi connectivity index (χ0n) is 21.2. The van der Waals surface area contributed by atoms with E-state index in [0.29, 0.717) is 22.6 Å². The summed E-state index contributed by atoms with van der Waals surface area (Å²) in [6.45, 7) is 5.74. The van der Waals surface area contributed by atoms with Crippen LogP contribution in [0.2, 0.25) is 0 Å². The number of Topliss-reactive ketones (excluding diaryl/α,β-unsaturated/α-hetero) is 1. The van der Waals surface area contributed by atoms with Gasteiger partial charge < -0.3 is 19.8 Å². The molecule has 5 rings (SSSR count). The molecule has 0 saturated carbocycles. The molecule has 0 bridgehead atoms. The van der Waals surface area contributed by atoms with Crippen molar-refractivity contribution < 1.29 is 24.5 Å². The third-order valence-corrected chi connectivity index (χ3v) is 7.13. The molecule has 190 valence electrons. The van der Waals surface area contributed by atoms with E-state index in [1.807, 2.05) is 44.2 Å². The average molecular weight is 499 g/mol. The number of ketones is 1. The number of carbonyl (C=O) groups is 2. The fourth-order valence-electron chi connectivity index (χ4n) is 5.42. The summed E-state index contributed by atoms with van der Waals surface area (Å²) in [5, 5.41) is 21.4. The molecule has 7 nitrogen and oxygen atoms in total. The Hall–Kier alpha value is -4.26. The van der Waals surface area contributed by atoms with Crippen molar-refractivity contribution in [3.63, 3.8) is 0 Å². The average Bonchev–Trinajstić information content (AvgIpc) is 3.51. The smallest absolute Gasteiger partial charge is 0.300 e. The van der Waals surface area contributed by atoms with E-state index in [1.165, 1.54) is 24.1 Å². The molecule has 2 aliphatic heterocycles. The van der Waals surface area contributed by atoms with Crippen LogP contribution in [0.15, 0.2) is 66.2 Å². The molecule has 7 heteroatoms. The Balaban J connectivity index is 1.67. The maximum Gasteiger partial charge on any atom is 0.300 e. The van der Waals surface area contributed by atoms with Crippen molar-refractivity contribution in [2.75, 3.05) is 30.0 Å². The number of aliphatic hydroxyl groups excluding tert-OH is 1. The standard InChI is InChI=1S/C30H30N2O5/c1-18-16-19(2)29(37-3)24(17-18)27(34)25-26(20-6-12-23(33)13-7-20)32(30(36)28(25)35)22-10-8-21(9-11-22)31-14-4-5-15-31/h6-13,16-17,26,33-34H,4-5,14-15H2,1-3H3/b27-25+. The molecule has 3 aromatic carbocycles. The molecule has 2 heterocycles. The number of carbonyl (C=O) groups excluding carboxylic acids is 2. The topological polar surface area (TPSA) is 90.3 Å². The minimum atomic E-state index is -0.885. The van der Waals surface area contributed by atoms with Crippen LogP contribution in [0.4, 0.5) is 11.4 Å². The number of aryl methyl sites for hydroxylation is 2. The molecule has 2 saturated heterocycles. The second-order valence-electron chi connectivity index (χ2n) is 9.63. The van der Waals surface area contributed by atoms with Crippen molar-refractivity contribution in [1.29, 1.82) is 0 Å². The maximum absolute atomic E-state index is 13.5. The van der Waals surface area contributed by atoms with Crippen molar-refractivity contribution in [2.24, 2.45) is 0 Å². The van der Waals surface area contributed by atoms with E-state index in [2.05, 4.69) is 4.90 Å². The van der Waals surface area contributed by atoms with Gasteiger partial charge in [0.15, 0.2) is 0 Å². The molecule has 0 aliphatic carbocycles. The van der Waals surface area contributed by atoms with Crippen LogP contribution in [-0.4, -0.2) is 42.1 Å². The first-order chi connectivity index (χ1) is 17.8. The van der Waals surface area contributed by atoms with Gasteiger partial charge in [-0.3, -0.25) is 14.5 Å². The number of aliphatic hydroxyl groups is 1. The highest BCUT2D eigenvalue weighted by Crippen LogP contribution is 2.44. The summed E-state index contributed by atoms with van der Waals surface area (Å²) in [4.78, 5) is 30.7. The van der Waals surface area contributed by atoms with Gasteiger partial charge in [0.1, 0.15) is 17.3 Å². The zero-order chi connectivity index (χ0) is 26.3. The highest BCUT2D eigenvalue weighted by Gasteiger charge is 2.47. The SMILES string of the molecule is COc1c(C)cc(C)cc1/C(O)=C1\C(=O)C(=O)N(c2ccc(N3CCCC3)cc2)C1c1ccc(O)cc1. The van der Waals surface area contributed by atoms with E-state index in [1.54, 1.807) is 18.2 Å². The van der Waals surface area contributed by atoms with Crippen LogP contribution >= 0.6 is 0 Å². The summed E-state index contributed by atoms with van der Waals surface area (Å²) in [6.07, 6.45) is 2.30. The van der Waals surface area contributed by atoms with Crippen molar-refractivity contribution in [3.05, 3.63) is 88.5 Å².